The molecule has 0 aliphatic rings. The number of benzene rings is 2. The molecule has 2 aromatic rings. The van der Waals surface area contributed by atoms with Crippen molar-refractivity contribution in [3.8, 4) is 11.5 Å². The number of ether oxygens (including phenoxy) is 3. The predicted molar refractivity (Wildman–Crippen MR) is 120 cm³/mol. The number of hydrogen-bond donors (Lipinski definition) is 1. The molecule has 0 atom stereocenters. The Morgan fingerprint density at radius 2 is 1.72 bits per heavy atom. The van der Waals surface area contributed by atoms with Crippen molar-refractivity contribution in [1.29, 1.82) is 0 Å². The van der Waals surface area contributed by atoms with Gasteiger partial charge in [-0.2, -0.15) is 0 Å². The molecule has 0 amide bonds. The molecule has 0 aliphatic heterocycles. The third-order valence-electron chi connectivity index (χ3n) is 4.32. The van der Waals surface area contributed by atoms with E-state index in [1.165, 1.54) is 6.42 Å². The van der Waals surface area contributed by atoms with E-state index in [1.807, 2.05) is 31.2 Å². The van der Waals surface area contributed by atoms with Gasteiger partial charge < -0.3 is 19.5 Å². The monoisotopic (exact) mass is 439 g/mol. The van der Waals surface area contributed by atoms with Crippen molar-refractivity contribution in [1.82, 2.24) is 5.32 Å². The standard InChI is InChI=1S/C23H31Cl2NO3/c1-3-5-12-27-13-6-11-26-16-18-7-10-22(23(14-18)28-4-2)29-17-19-8-9-20(24)15-21(19)25/h7-10,14-15,26H,3-6,11-13,16-17H2,1-2H3. The minimum absolute atomic E-state index is 0.353. The maximum atomic E-state index is 6.23. The molecule has 2 rings (SSSR count). The summed E-state index contributed by atoms with van der Waals surface area (Å²) in [4.78, 5) is 0. The normalized spacial score (nSPS) is 10.9. The van der Waals surface area contributed by atoms with E-state index in [0.717, 1.165) is 56.0 Å². The minimum atomic E-state index is 0.353. The molecule has 0 fully saturated rings. The van der Waals surface area contributed by atoms with Crippen LogP contribution < -0.4 is 14.8 Å². The maximum Gasteiger partial charge on any atom is 0.161 e. The molecule has 0 unspecified atom stereocenters. The third kappa shape index (κ3) is 8.83. The molecular weight excluding hydrogens is 409 g/mol. The molecule has 0 bridgehead atoms. The lowest BCUT2D eigenvalue weighted by Gasteiger charge is -2.14. The van der Waals surface area contributed by atoms with Crippen molar-refractivity contribution in [2.75, 3.05) is 26.4 Å². The molecule has 0 aromatic heterocycles. The van der Waals surface area contributed by atoms with Crippen molar-refractivity contribution < 1.29 is 14.2 Å². The molecule has 0 heterocycles. The number of unbranched alkanes of at least 4 members (excludes halogenated alkanes) is 1. The van der Waals surface area contributed by atoms with Crippen molar-refractivity contribution >= 4 is 23.2 Å². The summed E-state index contributed by atoms with van der Waals surface area (Å²) in [7, 11) is 0. The highest BCUT2D eigenvalue weighted by molar-refractivity contribution is 6.35. The Morgan fingerprint density at radius 1 is 0.897 bits per heavy atom. The number of halogens is 2. The predicted octanol–water partition coefficient (Wildman–Crippen LogP) is 6.27. The molecule has 29 heavy (non-hydrogen) atoms. The van der Waals surface area contributed by atoms with Crippen molar-refractivity contribution in [3.05, 3.63) is 57.6 Å². The quantitative estimate of drug-likeness (QED) is 0.352. The van der Waals surface area contributed by atoms with E-state index >= 15 is 0 Å². The van der Waals surface area contributed by atoms with Crippen LogP contribution in [0.2, 0.25) is 10.0 Å². The summed E-state index contributed by atoms with van der Waals surface area (Å²) in [6.45, 7) is 8.42. The van der Waals surface area contributed by atoms with Gasteiger partial charge in [-0.3, -0.25) is 0 Å². The summed E-state index contributed by atoms with van der Waals surface area (Å²) >= 11 is 12.2. The Hall–Kier alpha value is -1.46. The Morgan fingerprint density at radius 3 is 2.48 bits per heavy atom. The molecule has 0 saturated carbocycles. The fraction of sp³-hybridized carbons (Fsp3) is 0.478. The van der Waals surface area contributed by atoms with Crippen LogP contribution in [-0.2, 0) is 17.9 Å². The average Bonchev–Trinajstić information content (AvgIpc) is 2.70. The van der Waals surface area contributed by atoms with Gasteiger partial charge in [0.15, 0.2) is 11.5 Å². The first-order valence-corrected chi connectivity index (χ1v) is 11.0. The van der Waals surface area contributed by atoms with Gasteiger partial charge >= 0.3 is 0 Å². The Labute approximate surface area is 184 Å². The molecule has 4 nitrogen and oxygen atoms in total. The maximum absolute atomic E-state index is 6.23. The van der Waals surface area contributed by atoms with Crippen LogP contribution in [0.4, 0.5) is 0 Å². The van der Waals surface area contributed by atoms with Crippen LogP contribution in [0.5, 0.6) is 11.5 Å². The summed E-state index contributed by atoms with van der Waals surface area (Å²) < 4.78 is 17.3. The van der Waals surface area contributed by atoms with E-state index in [9.17, 15) is 0 Å². The average molecular weight is 440 g/mol. The Bertz CT molecular complexity index is 740. The summed E-state index contributed by atoms with van der Waals surface area (Å²) in [6.07, 6.45) is 3.31. The smallest absolute Gasteiger partial charge is 0.161 e. The first-order valence-electron chi connectivity index (χ1n) is 10.2. The lowest BCUT2D eigenvalue weighted by Crippen LogP contribution is -2.16. The second-order valence-corrected chi connectivity index (χ2v) is 7.58. The summed E-state index contributed by atoms with van der Waals surface area (Å²) in [6, 6.07) is 11.4. The minimum Gasteiger partial charge on any atom is -0.490 e. The first-order chi connectivity index (χ1) is 14.1. The van der Waals surface area contributed by atoms with E-state index in [0.29, 0.717) is 29.0 Å². The van der Waals surface area contributed by atoms with E-state index in [2.05, 4.69) is 12.2 Å². The van der Waals surface area contributed by atoms with Crippen LogP contribution in [0, 0.1) is 0 Å². The van der Waals surface area contributed by atoms with Gasteiger partial charge in [-0.1, -0.05) is 48.7 Å². The molecule has 160 valence electrons. The topological polar surface area (TPSA) is 39.7 Å². The van der Waals surface area contributed by atoms with Crippen LogP contribution in [0.15, 0.2) is 36.4 Å². The van der Waals surface area contributed by atoms with Crippen LogP contribution in [0.1, 0.15) is 44.2 Å². The first kappa shape index (κ1) is 23.8. The Balaban J connectivity index is 1.84. The third-order valence-corrected chi connectivity index (χ3v) is 4.91. The summed E-state index contributed by atoms with van der Waals surface area (Å²) in [5.41, 5.74) is 2.03. The van der Waals surface area contributed by atoms with Gasteiger partial charge in [0, 0.05) is 35.4 Å². The van der Waals surface area contributed by atoms with Crippen molar-refractivity contribution in [3.63, 3.8) is 0 Å². The van der Waals surface area contributed by atoms with Gasteiger partial charge in [-0.05, 0) is 56.1 Å². The summed E-state index contributed by atoms with van der Waals surface area (Å²) in [5.74, 6) is 1.44. The highest BCUT2D eigenvalue weighted by atomic mass is 35.5. The van der Waals surface area contributed by atoms with Crippen LogP contribution >= 0.6 is 23.2 Å². The fourth-order valence-electron chi connectivity index (χ4n) is 2.72. The number of nitrogens with one attached hydrogen (secondary N) is 1. The Kier molecular flexibility index (Phi) is 11.3. The highest BCUT2D eigenvalue weighted by Gasteiger charge is 2.09. The molecular formula is C23H31Cl2NO3. The lowest BCUT2D eigenvalue weighted by atomic mass is 10.2. The second kappa shape index (κ2) is 13.7. The van der Waals surface area contributed by atoms with Gasteiger partial charge in [0.1, 0.15) is 6.61 Å². The molecule has 2 aromatic carbocycles. The second-order valence-electron chi connectivity index (χ2n) is 6.73. The van der Waals surface area contributed by atoms with E-state index < -0.39 is 0 Å². The summed E-state index contributed by atoms with van der Waals surface area (Å²) in [5, 5.41) is 4.65. The largest absolute Gasteiger partial charge is 0.490 e. The SMILES string of the molecule is CCCCOCCCNCc1ccc(OCc2ccc(Cl)cc2Cl)c(OCC)c1. The van der Waals surface area contributed by atoms with Crippen LogP contribution in [-0.4, -0.2) is 26.4 Å². The molecule has 0 saturated heterocycles. The van der Waals surface area contributed by atoms with Gasteiger partial charge in [0.05, 0.1) is 6.61 Å². The van der Waals surface area contributed by atoms with Gasteiger partial charge in [0.2, 0.25) is 0 Å². The number of rotatable bonds is 14. The zero-order valence-corrected chi connectivity index (χ0v) is 18.8. The zero-order valence-electron chi connectivity index (χ0n) is 17.3. The molecule has 6 heteroatoms. The van der Waals surface area contributed by atoms with Crippen LogP contribution in [0.3, 0.4) is 0 Å². The van der Waals surface area contributed by atoms with Gasteiger partial charge in [-0.15, -0.1) is 0 Å². The van der Waals surface area contributed by atoms with Crippen molar-refractivity contribution in [2.24, 2.45) is 0 Å². The molecule has 0 radical (unpaired) electrons. The van der Waals surface area contributed by atoms with Gasteiger partial charge in [-0.25, -0.2) is 0 Å². The van der Waals surface area contributed by atoms with Crippen molar-refractivity contribution in [2.45, 2.75) is 46.3 Å². The molecule has 0 aliphatic carbocycles. The lowest BCUT2D eigenvalue weighted by molar-refractivity contribution is 0.129. The highest BCUT2D eigenvalue weighted by Crippen LogP contribution is 2.30. The zero-order chi connectivity index (χ0) is 20.9. The van der Waals surface area contributed by atoms with E-state index in [4.69, 9.17) is 37.4 Å². The fourth-order valence-corrected chi connectivity index (χ4v) is 3.19. The molecule has 0 spiro atoms. The van der Waals surface area contributed by atoms with Crippen LogP contribution in [0.25, 0.3) is 0 Å². The van der Waals surface area contributed by atoms with Gasteiger partial charge in [0.25, 0.3) is 0 Å². The van der Waals surface area contributed by atoms with E-state index in [1.54, 1.807) is 12.1 Å². The van der Waals surface area contributed by atoms with E-state index in [-0.39, 0.29) is 0 Å². The number of hydrogen-bond acceptors (Lipinski definition) is 4. The molecule has 1 N–H and O–H groups in total.